The molecule has 0 amide bonds. The van der Waals surface area contributed by atoms with Gasteiger partial charge in [-0.25, -0.2) is 0 Å². The van der Waals surface area contributed by atoms with Crippen LogP contribution in [0.1, 0.15) is 6.92 Å². The van der Waals surface area contributed by atoms with Crippen molar-refractivity contribution in [3.8, 4) is 0 Å². The summed E-state index contributed by atoms with van der Waals surface area (Å²) in [7, 11) is 0. The average molecular weight is 154 g/mol. The van der Waals surface area contributed by atoms with E-state index < -0.39 is 5.60 Å². The highest BCUT2D eigenvalue weighted by Crippen LogP contribution is 2.24. The Kier molecular flexibility index (Phi) is 2.47. The van der Waals surface area contributed by atoms with E-state index in [1.54, 1.807) is 12.2 Å². The molecule has 0 radical (unpaired) electrons. The Balaban J connectivity index is 2.77. The van der Waals surface area contributed by atoms with Crippen molar-refractivity contribution in [3.05, 3.63) is 25.3 Å². The predicted molar refractivity (Wildman–Crippen MR) is 44.5 cm³/mol. The minimum atomic E-state index is -0.474. The van der Waals surface area contributed by atoms with Gasteiger partial charge in [-0.15, -0.1) is 0 Å². The van der Waals surface area contributed by atoms with E-state index in [0.717, 1.165) is 0 Å². The van der Waals surface area contributed by atoms with Gasteiger partial charge in [0.05, 0.1) is 19.3 Å². The average Bonchev–Trinajstić information content (AvgIpc) is 2.06. The van der Waals surface area contributed by atoms with E-state index in [4.69, 9.17) is 9.47 Å². The van der Waals surface area contributed by atoms with E-state index in [1.807, 2.05) is 6.92 Å². The number of hydrogen-bond acceptors (Lipinski definition) is 2. The van der Waals surface area contributed by atoms with Gasteiger partial charge in [-0.2, -0.15) is 0 Å². The fourth-order valence-corrected chi connectivity index (χ4v) is 1.22. The van der Waals surface area contributed by atoms with E-state index in [-0.39, 0.29) is 6.10 Å². The summed E-state index contributed by atoms with van der Waals surface area (Å²) in [4.78, 5) is 0. The molecule has 0 aliphatic carbocycles. The molecule has 1 atom stereocenters. The predicted octanol–water partition coefficient (Wildman–Crippen LogP) is 1.53. The molecule has 2 heteroatoms. The summed E-state index contributed by atoms with van der Waals surface area (Å²) in [5.41, 5.74) is -0.474. The minimum Gasteiger partial charge on any atom is -0.372 e. The van der Waals surface area contributed by atoms with Gasteiger partial charge < -0.3 is 9.47 Å². The monoisotopic (exact) mass is 154 g/mol. The summed E-state index contributed by atoms with van der Waals surface area (Å²) in [6, 6.07) is 0. The van der Waals surface area contributed by atoms with Gasteiger partial charge in [0.15, 0.2) is 0 Å². The standard InChI is InChI=1S/C9H14O2/c1-4-9(5-2)8(3)10-6-7-11-9/h4-5,8H,1-2,6-7H2,3H3. The van der Waals surface area contributed by atoms with Crippen molar-refractivity contribution in [1.82, 2.24) is 0 Å². The van der Waals surface area contributed by atoms with Crippen LogP contribution in [0, 0.1) is 0 Å². The maximum absolute atomic E-state index is 5.52. The Morgan fingerprint density at radius 3 is 2.36 bits per heavy atom. The van der Waals surface area contributed by atoms with Crippen LogP contribution in [0.2, 0.25) is 0 Å². The van der Waals surface area contributed by atoms with E-state index in [9.17, 15) is 0 Å². The Morgan fingerprint density at radius 2 is 2.00 bits per heavy atom. The second-order valence-electron chi connectivity index (χ2n) is 2.62. The van der Waals surface area contributed by atoms with Gasteiger partial charge in [0.2, 0.25) is 0 Å². The molecule has 0 aromatic carbocycles. The first kappa shape index (κ1) is 8.50. The molecule has 2 nitrogen and oxygen atoms in total. The second-order valence-corrected chi connectivity index (χ2v) is 2.62. The Hall–Kier alpha value is -0.600. The molecule has 1 heterocycles. The molecule has 1 saturated heterocycles. The quantitative estimate of drug-likeness (QED) is 0.561. The molecular formula is C9H14O2. The Bertz CT molecular complexity index is 155. The summed E-state index contributed by atoms with van der Waals surface area (Å²) in [5.74, 6) is 0. The Morgan fingerprint density at radius 1 is 1.36 bits per heavy atom. The van der Waals surface area contributed by atoms with E-state index >= 15 is 0 Å². The molecule has 1 unspecified atom stereocenters. The van der Waals surface area contributed by atoms with Gasteiger partial charge in [0.25, 0.3) is 0 Å². The van der Waals surface area contributed by atoms with Crippen molar-refractivity contribution < 1.29 is 9.47 Å². The van der Waals surface area contributed by atoms with Gasteiger partial charge in [0, 0.05) is 0 Å². The maximum Gasteiger partial charge on any atom is 0.130 e. The second kappa shape index (κ2) is 3.20. The fraction of sp³-hybridized carbons (Fsp3) is 0.556. The molecule has 0 aromatic rings. The highest BCUT2D eigenvalue weighted by molar-refractivity contribution is 5.14. The van der Waals surface area contributed by atoms with Crippen LogP contribution in [0.15, 0.2) is 25.3 Å². The molecule has 0 saturated carbocycles. The summed E-state index contributed by atoms with van der Waals surface area (Å²) < 4.78 is 10.9. The third-order valence-corrected chi connectivity index (χ3v) is 2.08. The smallest absolute Gasteiger partial charge is 0.130 e. The van der Waals surface area contributed by atoms with Crippen LogP contribution in [0.4, 0.5) is 0 Å². The number of rotatable bonds is 2. The molecule has 0 bridgehead atoms. The fourth-order valence-electron chi connectivity index (χ4n) is 1.22. The van der Waals surface area contributed by atoms with E-state index in [0.29, 0.717) is 13.2 Å². The van der Waals surface area contributed by atoms with Crippen LogP contribution in [0.3, 0.4) is 0 Å². The zero-order valence-corrected chi connectivity index (χ0v) is 6.88. The van der Waals surface area contributed by atoms with Crippen molar-refractivity contribution in [2.24, 2.45) is 0 Å². The third kappa shape index (κ3) is 1.37. The van der Waals surface area contributed by atoms with Crippen molar-refractivity contribution in [2.75, 3.05) is 13.2 Å². The van der Waals surface area contributed by atoms with Crippen LogP contribution < -0.4 is 0 Å². The summed E-state index contributed by atoms with van der Waals surface area (Å²) >= 11 is 0. The lowest BCUT2D eigenvalue weighted by molar-refractivity contribution is -0.150. The third-order valence-electron chi connectivity index (χ3n) is 2.08. The zero-order chi connectivity index (χ0) is 8.32. The van der Waals surface area contributed by atoms with Gasteiger partial charge in [0.1, 0.15) is 5.60 Å². The Labute approximate surface area is 67.5 Å². The van der Waals surface area contributed by atoms with Crippen molar-refractivity contribution in [3.63, 3.8) is 0 Å². The SMILES string of the molecule is C=CC1(C=C)OCCOC1C. The molecule has 1 fully saturated rings. The molecule has 11 heavy (non-hydrogen) atoms. The minimum absolute atomic E-state index is 0.0197. The first-order valence-electron chi connectivity index (χ1n) is 3.78. The molecular weight excluding hydrogens is 140 g/mol. The first-order chi connectivity index (χ1) is 5.25. The van der Waals surface area contributed by atoms with Crippen LogP contribution in [0.5, 0.6) is 0 Å². The van der Waals surface area contributed by atoms with E-state index in [2.05, 4.69) is 13.2 Å². The van der Waals surface area contributed by atoms with Crippen molar-refractivity contribution in [2.45, 2.75) is 18.6 Å². The molecule has 0 spiro atoms. The summed E-state index contributed by atoms with van der Waals surface area (Å²) in [6.07, 6.45) is 3.50. The molecule has 1 aliphatic rings. The first-order valence-corrected chi connectivity index (χ1v) is 3.78. The largest absolute Gasteiger partial charge is 0.372 e. The van der Waals surface area contributed by atoms with Crippen LogP contribution in [-0.4, -0.2) is 24.9 Å². The molecule has 1 aliphatic heterocycles. The van der Waals surface area contributed by atoms with Crippen LogP contribution in [0.25, 0.3) is 0 Å². The van der Waals surface area contributed by atoms with Crippen LogP contribution in [-0.2, 0) is 9.47 Å². The van der Waals surface area contributed by atoms with Crippen molar-refractivity contribution >= 4 is 0 Å². The lowest BCUT2D eigenvalue weighted by Gasteiger charge is -2.37. The van der Waals surface area contributed by atoms with Crippen molar-refractivity contribution in [1.29, 1.82) is 0 Å². The van der Waals surface area contributed by atoms with Gasteiger partial charge in [-0.3, -0.25) is 0 Å². The number of ether oxygens (including phenoxy) is 2. The summed E-state index contributed by atoms with van der Waals surface area (Å²) in [6.45, 7) is 10.6. The van der Waals surface area contributed by atoms with E-state index in [1.165, 1.54) is 0 Å². The molecule has 0 N–H and O–H groups in total. The highest BCUT2D eigenvalue weighted by Gasteiger charge is 2.34. The lowest BCUT2D eigenvalue weighted by Crippen LogP contribution is -2.46. The normalized spacial score (nSPS) is 29.4. The van der Waals surface area contributed by atoms with Gasteiger partial charge >= 0.3 is 0 Å². The van der Waals surface area contributed by atoms with Crippen LogP contribution >= 0.6 is 0 Å². The number of hydrogen-bond donors (Lipinski definition) is 0. The van der Waals surface area contributed by atoms with Gasteiger partial charge in [-0.1, -0.05) is 25.3 Å². The molecule has 1 rings (SSSR count). The lowest BCUT2D eigenvalue weighted by atomic mass is 9.97. The highest BCUT2D eigenvalue weighted by atomic mass is 16.6. The topological polar surface area (TPSA) is 18.5 Å². The van der Waals surface area contributed by atoms with Gasteiger partial charge in [-0.05, 0) is 6.92 Å². The summed E-state index contributed by atoms with van der Waals surface area (Å²) in [5, 5.41) is 0. The molecule has 0 aromatic heterocycles. The zero-order valence-electron chi connectivity index (χ0n) is 6.88. The molecule has 62 valence electrons. The maximum atomic E-state index is 5.52.